The molecule has 2 rings (SSSR count). The Labute approximate surface area is 145 Å². The van der Waals surface area contributed by atoms with Gasteiger partial charge in [-0.1, -0.05) is 37.3 Å². The van der Waals surface area contributed by atoms with Crippen molar-refractivity contribution in [3.8, 4) is 0 Å². The van der Waals surface area contributed by atoms with Crippen molar-refractivity contribution in [2.45, 2.75) is 32.8 Å². The molecule has 1 aromatic rings. The van der Waals surface area contributed by atoms with E-state index < -0.39 is 0 Å². The minimum absolute atomic E-state index is 0.617. The van der Waals surface area contributed by atoms with Crippen molar-refractivity contribution in [3.63, 3.8) is 0 Å². The van der Waals surface area contributed by atoms with Gasteiger partial charge in [-0.3, -0.25) is 4.99 Å². The summed E-state index contributed by atoms with van der Waals surface area (Å²) in [6.45, 7) is 7.64. The Hall–Kier alpha value is -1.59. The molecule has 1 aliphatic rings. The van der Waals surface area contributed by atoms with E-state index in [4.69, 9.17) is 15.2 Å². The highest BCUT2D eigenvalue weighted by atomic mass is 16.5. The molecule has 0 amide bonds. The zero-order valence-corrected chi connectivity index (χ0v) is 14.8. The maximum absolute atomic E-state index is 6.06. The Bertz CT molecular complexity index is 479. The van der Waals surface area contributed by atoms with Crippen LogP contribution in [-0.2, 0) is 16.1 Å². The van der Waals surface area contributed by atoms with Crippen molar-refractivity contribution in [3.05, 3.63) is 35.9 Å². The van der Waals surface area contributed by atoms with Crippen LogP contribution in [0.3, 0.4) is 0 Å². The van der Waals surface area contributed by atoms with E-state index in [0.717, 1.165) is 26.1 Å². The lowest BCUT2D eigenvalue weighted by Crippen LogP contribution is -2.43. The second kappa shape index (κ2) is 11.0. The van der Waals surface area contributed by atoms with Gasteiger partial charge in [0, 0.05) is 26.2 Å². The normalized spacial score (nSPS) is 18.8. The Morgan fingerprint density at radius 3 is 2.79 bits per heavy atom. The van der Waals surface area contributed by atoms with Crippen LogP contribution in [0, 0.1) is 5.92 Å². The van der Waals surface area contributed by atoms with Crippen LogP contribution in [0.25, 0.3) is 0 Å². The molecule has 24 heavy (non-hydrogen) atoms. The minimum atomic E-state index is 0.617. The van der Waals surface area contributed by atoms with E-state index in [-0.39, 0.29) is 0 Å². The van der Waals surface area contributed by atoms with Crippen LogP contribution >= 0.6 is 0 Å². The number of benzene rings is 1. The zero-order valence-electron chi connectivity index (χ0n) is 14.8. The number of rotatable bonds is 9. The summed E-state index contributed by atoms with van der Waals surface area (Å²) in [4.78, 5) is 6.67. The summed E-state index contributed by atoms with van der Waals surface area (Å²) in [6.07, 6.45) is 3.40. The van der Waals surface area contributed by atoms with Crippen LogP contribution in [0.15, 0.2) is 35.3 Å². The van der Waals surface area contributed by atoms with Gasteiger partial charge < -0.3 is 20.1 Å². The summed E-state index contributed by atoms with van der Waals surface area (Å²) >= 11 is 0. The largest absolute Gasteiger partial charge is 0.379 e. The third-order valence-corrected chi connectivity index (χ3v) is 4.19. The molecule has 0 spiro atoms. The fraction of sp³-hybridized carbons (Fsp3) is 0.632. The molecule has 1 aliphatic heterocycles. The third-order valence-electron chi connectivity index (χ3n) is 4.19. The van der Waals surface area contributed by atoms with Crippen molar-refractivity contribution < 1.29 is 9.47 Å². The molecule has 1 heterocycles. The van der Waals surface area contributed by atoms with E-state index in [9.17, 15) is 0 Å². The van der Waals surface area contributed by atoms with Gasteiger partial charge in [0.1, 0.15) is 0 Å². The quantitative estimate of drug-likeness (QED) is 0.429. The van der Waals surface area contributed by atoms with Gasteiger partial charge in [-0.05, 0) is 30.7 Å². The zero-order chi connectivity index (χ0) is 17.0. The average Bonchev–Trinajstić information content (AvgIpc) is 2.61. The van der Waals surface area contributed by atoms with Crippen LogP contribution in [0.1, 0.15) is 31.7 Å². The highest BCUT2D eigenvalue weighted by molar-refractivity contribution is 5.78. The van der Waals surface area contributed by atoms with E-state index in [0.29, 0.717) is 38.3 Å². The van der Waals surface area contributed by atoms with Gasteiger partial charge in [0.25, 0.3) is 0 Å². The van der Waals surface area contributed by atoms with E-state index in [1.165, 1.54) is 18.4 Å². The summed E-state index contributed by atoms with van der Waals surface area (Å²) in [7, 11) is 0. The fourth-order valence-corrected chi connectivity index (χ4v) is 2.84. The van der Waals surface area contributed by atoms with Gasteiger partial charge in [-0.25, -0.2) is 0 Å². The van der Waals surface area contributed by atoms with Gasteiger partial charge in [0.15, 0.2) is 5.96 Å². The first-order chi connectivity index (χ1) is 11.8. The van der Waals surface area contributed by atoms with Gasteiger partial charge in [-0.15, -0.1) is 0 Å². The number of likely N-dealkylation sites (tertiary alicyclic amines) is 1. The molecule has 5 heteroatoms. The number of hydrogen-bond acceptors (Lipinski definition) is 3. The van der Waals surface area contributed by atoms with Crippen LogP contribution in [0.5, 0.6) is 0 Å². The van der Waals surface area contributed by atoms with Gasteiger partial charge in [-0.2, -0.15) is 0 Å². The minimum Gasteiger partial charge on any atom is -0.379 e. The van der Waals surface area contributed by atoms with E-state index in [2.05, 4.69) is 28.9 Å². The standard InChI is InChI=1S/C19H31N3O2/c1-17-7-5-11-22(15-17)19(20)21-10-6-12-23-13-14-24-16-18-8-3-2-4-9-18/h2-4,8-9,17H,5-7,10-16H2,1H3,(H2,20,21). The number of ether oxygens (including phenoxy) is 2. The van der Waals surface area contributed by atoms with Crippen LogP contribution in [-0.4, -0.2) is 50.3 Å². The van der Waals surface area contributed by atoms with Crippen molar-refractivity contribution in [2.75, 3.05) is 39.5 Å². The first-order valence-electron chi connectivity index (χ1n) is 9.00. The van der Waals surface area contributed by atoms with Crippen molar-refractivity contribution in [1.29, 1.82) is 0 Å². The van der Waals surface area contributed by atoms with Crippen molar-refractivity contribution in [1.82, 2.24) is 4.90 Å². The Balaban J connectivity index is 1.45. The number of aliphatic imine (C=N–C) groups is 1. The first-order valence-corrected chi connectivity index (χ1v) is 9.00. The molecule has 2 N–H and O–H groups in total. The second-order valence-electron chi connectivity index (χ2n) is 6.44. The highest BCUT2D eigenvalue weighted by Crippen LogP contribution is 2.14. The molecule has 5 nitrogen and oxygen atoms in total. The maximum atomic E-state index is 6.06. The van der Waals surface area contributed by atoms with E-state index >= 15 is 0 Å². The number of hydrogen-bond donors (Lipinski definition) is 1. The summed E-state index contributed by atoms with van der Waals surface area (Å²) in [5, 5.41) is 0. The molecule has 1 saturated heterocycles. The lowest BCUT2D eigenvalue weighted by molar-refractivity contribution is 0.0403. The van der Waals surface area contributed by atoms with Gasteiger partial charge in [0.05, 0.1) is 19.8 Å². The smallest absolute Gasteiger partial charge is 0.191 e. The molecular formula is C19H31N3O2. The molecule has 1 unspecified atom stereocenters. The Morgan fingerprint density at radius 1 is 1.21 bits per heavy atom. The summed E-state index contributed by atoms with van der Waals surface area (Å²) < 4.78 is 11.1. The number of piperidine rings is 1. The topological polar surface area (TPSA) is 60.1 Å². The Morgan fingerprint density at radius 2 is 2.00 bits per heavy atom. The molecular weight excluding hydrogens is 302 g/mol. The van der Waals surface area contributed by atoms with E-state index in [1.54, 1.807) is 0 Å². The number of nitrogens with zero attached hydrogens (tertiary/aromatic N) is 2. The van der Waals surface area contributed by atoms with Gasteiger partial charge >= 0.3 is 0 Å². The summed E-state index contributed by atoms with van der Waals surface area (Å²) in [6, 6.07) is 10.2. The van der Waals surface area contributed by atoms with E-state index in [1.807, 2.05) is 18.2 Å². The summed E-state index contributed by atoms with van der Waals surface area (Å²) in [5.74, 6) is 1.40. The molecule has 0 saturated carbocycles. The molecule has 1 fully saturated rings. The van der Waals surface area contributed by atoms with Crippen LogP contribution < -0.4 is 5.73 Å². The number of guanidine groups is 1. The molecule has 1 aromatic carbocycles. The van der Waals surface area contributed by atoms with Crippen LogP contribution in [0.4, 0.5) is 0 Å². The SMILES string of the molecule is CC1CCCN(C(N)=NCCCOCCOCc2ccccc2)C1. The maximum Gasteiger partial charge on any atom is 0.191 e. The molecule has 0 aromatic heterocycles. The predicted octanol–water partition coefficient (Wildman–Crippen LogP) is 2.66. The Kier molecular flexibility index (Phi) is 8.63. The molecule has 0 radical (unpaired) electrons. The van der Waals surface area contributed by atoms with Crippen molar-refractivity contribution >= 4 is 5.96 Å². The third kappa shape index (κ3) is 7.32. The van der Waals surface area contributed by atoms with Gasteiger partial charge in [0.2, 0.25) is 0 Å². The summed E-state index contributed by atoms with van der Waals surface area (Å²) in [5.41, 5.74) is 7.25. The number of nitrogens with two attached hydrogens (primary N) is 1. The second-order valence-corrected chi connectivity index (χ2v) is 6.44. The lowest BCUT2D eigenvalue weighted by Gasteiger charge is -2.31. The fourth-order valence-electron chi connectivity index (χ4n) is 2.84. The molecule has 134 valence electrons. The predicted molar refractivity (Wildman–Crippen MR) is 98.0 cm³/mol. The molecule has 0 bridgehead atoms. The lowest BCUT2D eigenvalue weighted by atomic mass is 10.0. The highest BCUT2D eigenvalue weighted by Gasteiger charge is 2.17. The van der Waals surface area contributed by atoms with Crippen molar-refractivity contribution in [2.24, 2.45) is 16.6 Å². The molecule has 0 aliphatic carbocycles. The molecule has 1 atom stereocenters. The first kappa shape index (κ1) is 18.7. The monoisotopic (exact) mass is 333 g/mol. The van der Waals surface area contributed by atoms with Crippen LogP contribution in [0.2, 0.25) is 0 Å². The average molecular weight is 333 g/mol.